The first-order valence-corrected chi connectivity index (χ1v) is 7.93. The van der Waals surface area contributed by atoms with E-state index >= 15 is 0 Å². The fourth-order valence-electron chi connectivity index (χ4n) is 2.64. The average molecular weight is 352 g/mol. The summed E-state index contributed by atoms with van der Waals surface area (Å²) in [5, 5.41) is 4.37. The van der Waals surface area contributed by atoms with Crippen molar-refractivity contribution in [3.63, 3.8) is 0 Å². The van der Waals surface area contributed by atoms with E-state index in [4.69, 9.17) is 11.6 Å². The lowest BCUT2D eigenvalue weighted by Gasteiger charge is -2.37. The van der Waals surface area contributed by atoms with E-state index in [2.05, 4.69) is 51.4 Å². The van der Waals surface area contributed by atoms with Crippen LogP contribution in [0.3, 0.4) is 0 Å². The number of aryl methyl sites for hydroxylation is 1. The van der Waals surface area contributed by atoms with Crippen LogP contribution in [0, 0.1) is 6.92 Å². The lowest BCUT2D eigenvalue weighted by Crippen LogP contribution is -2.34. The molecule has 4 heteroatoms. The van der Waals surface area contributed by atoms with Crippen LogP contribution in [0.4, 0.5) is 5.69 Å². The maximum absolute atomic E-state index is 6.04. The topological polar surface area (TPSA) is 24.9 Å². The average Bonchev–Trinajstić information content (AvgIpc) is 2.37. The molecule has 1 saturated carbocycles. The SMILES string of the molecule is Cc1cc(NC2CC(c3cccc(Cl)c3)C2)cnc1Br. The zero-order chi connectivity index (χ0) is 14.1. The second-order valence-corrected chi connectivity index (χ2v) is 6.58. The van der Waals surface area contributed by atoms with Crippen LogP contribution in [-0.2, 0) is 0 Å². The number of anilines is 1. The van der Waals surface area contributed by atoms with E-state index in [-0.39, 0.29) is 0 Å². The Kier molecular flexibility index (Phi) is 3.99. The van der Waals surface area contributed by atoms with Crippen molar-refractivity contribution in [1.29, 1.82) is 0 Å². The monoisotopic (exact) mass is 350 g/mol. The minimum Gasteiger partial charge on any atom is -0.381 e. The molecular weight excluding hydrogens is 336 g/mol. The third-order valence-electron chi connectivity index (χ3n) is 3.84. The van der Waals surface area contributed by atoms with Crippen LogP contribution in [0.2, 0.25) is 5.02 Å². The summed E-state index contributed by atoms with van der Waals surface area (Å²) in [6.45, 7) is 2.05. The van der Waals surface area contributed by atoms with Gasteiger partial charge in [-0.25, -0.2) is 4.98 Å². The van der Waals surface area contributed by atoms with Gasteiger partial charge in [-0.2, -0.15) is 0 Å². The largest absolute Gasteiger partial charge is 0.381 e. The molecule has 2 nitrogen and oxygen atoms in total. The van der Waals surface area contributed by atoms with Gasteiger partial charge in [0.2, 0.25) is 0 Å². The predicted octanol–water partition coefficient (Wildman–Crippen LogP) is 5.16. The van der Waals surface area contributed by atoms with Crippen molar-refractivity contribution < 1.29 is 0 Å². The van der Waals surface area contributed by atoms with Crippen LogP contribution in [0.5, 0.6) is 0 Å². The Labute approximate surface area is 132 Å². The van der Waals surface area contributed by atoms with E-state index in [1.807, 2.05) is 18.3 Å². The second kappa shape index (κ2) is 5.74. The summed E-state index contributed by atoms with van der Waals surface area (Å²) in [6, 6.07) is 10.9. The maximum Gasteiger partial charge on any atom is 0.109 e. The van der Waals surface area contributed by atoms with Crippen molar-refractivity contribution in [2.75, 3.05) is 5.32 Å². The minimum absolute atomic E-state index is 0.529. The first-order chi connectivity index (χ1) is 9.61. The number of benzene rings is 1. The number of hydrogen-bond donors (Lipinski definition) is 1. The number of pyridine rings is 1. The van der Waals surface area contributed by atoms with Crippen LogP contribution >= 0.6 is 27.5 Å². The molecule has 0 radical (unpaired) electrons. The molecule has 1 aliphatic rings. The molecule has 0 spiro atoms. The molecule has 104 valence electrons. The van der Waals surface area contributed by atoms with E-state index in [9.17, 15) is 0 Å². The molecule has 1 aromatic heterocycles. The maximum atomic E-state index is 6.04. The molecule has 1 heterocycles. The summed E-state index contributed by atoms with van der Waals surface area (Å²) in [5.41, 5.74) is 3.60. The molecule has 0 saturated heterocycles. The summed E-state index contributed by atoms with van der Waals surface area (Å²) >= 11 is 9.46. The lowest BCUT2D eigenvalue weighted by molar-refractivity contribution is 0.374. The normalized spacial score (nSPS) is 21.4. The molecule has 1 fully saturated rings. The fraction of sp³-hybridized carbons (Fsp3) is 0.312. The van der Waals surface area contributed by atoms with Gasteiger partial charge in [-0.1, -0.05) is 23.7 Å². The molecule has 1 N–H and O–H groups in total. The van der Waals surface area contributed by atoms with Crippen molar-refractivity contribution in [2.24, 2.45) is 0 Å². The van der Waals surface area contributed by atoms with Crippen molar-refractivity contribution in [2.45, 2.75) is 31.7 Å². The van der Waals surface area contributed by atoms with Crippen LogP contribution in [0.25, 0.3) is 0 Å². The van der Waals surface area contributed by atoms with Crippen molar-refractivity contribution in [3.05, 3.63) is 57.3 Å². The predicted molar refractivity (Wildman–Crippen MR) is 87.5 cm³/mol. The molecular formula is C16H16BrClN2. The van der Waals surface area contributed by atoms with Crippen LogP contribution in [-0.4, -0.2) is 11.0 Å². The molecule has 0 bridgehead atoms. The van der Waals surface area contributed by atoms with E-state index < -0.39 is 0 Å². The highest BCUT2D eigenvalue weighted by Gasteiger charge is 2.30. The van der Waals surface area contributed by atoms with E-state index in [1.165, 1.54) is 5.56 Å². The molecule has 0 aliphatic heterocycles. The minimum atomic E-state index is 0.529. The number of halogens is 2. The van der Waals surface area contributed by atoms with Gasteiger partial charge in [0, 0.05) is 11.1 Å². The van der Waals surface area contributed by atoms with E-state index in [0.29, 0.717) is 12.0 Å². The number of aromatic nitrogens is 1. The standard InChI is InChI=1S/C16H16BrClN2/c1-10-5-15(9-19-16(10)17)20-14-7-12(8-14)11-3-2-4-13(18)6-11/h2-6,9,12,14,20H,7-8H2,1H3. The number of nitrogens with one attached hydrogen (secondary N) is 1. The molecule has 0 atom stereocenters. The first kappa shape index (κ1) is 13.9. The van der Waals surface area contributed by atoms with Gasteiger partial charge >= 0.3 is 0 Å². The van der Waals surface area contributed by atoms with Crippen molar-refractivity contribution in [3.8, 4) is 0 Å². The molecule has 0 amide bonds. The van der Waals surface area contributed by atoms with Gasteiger partial charge in [0.15, 0.2) is 0 Å². The molecule has 2 aromatic rings. The van der Waals surface area contributed by atoms with Crippen molar-refractivity contribution >= 4 is 33.2 Å². The Hall–Kier alpha value is -1.06. The first-order valence-electron chi connectivity index (χ1n) is 6.76. The Morgan fingerprint density at radius 2 is 2.10 bits per heavy atom. The van der Waals surface area contributed by atoms with Gasteiger partial charge in [-0.15, -0.1) is 0 Å². The molecule has 0 unspecified atom stereocenters. The molecule has 1 aromatic carbocycles. The van der Waals surface area contributed by atoms with E-state index in [0.717, 1.165) is 33.7 Å². The smallest absolute Gasteiger partial charge is 0.109 e. The molecule has 1 aliphatic carbocycles. The number of hydrogen-bond acceptors (Lipinski definition) is 2. The Balaban J connectivity index is 1.59. The van der Waals surface area contributed by atoms with Gasteiger partial charge in [-0.05, 0) is 70.9 Å². The summed E-state index contributed by atoms with van der Waals surface area (Å²) in [6.07, 6.45) is 4.18. The summed E-state index contributed by atoms with van der Waals surface area (Å²) in [5.74, 6) is 0.621. The quantitative estimate of drug-likeness (QED) is 0.772. The van der Waals surface area contributed by atoms with Gasteiger partial charge in [0.05, 0.1) is 11.9 Å². The third kappa shape index (κ3) is 2.99. The van der Waals surface area contributed by atoms with Gasteiger partial charge in [0.1, 0.15) is 4.60 Å². The Morgan fingerprint density at radius 1 is 1.30 bits per heavy atom. The second-order valence-electron chi connectivity index (χ2n) is 5.40. The zero-order valence-corrected chi connectivity index (χ0v) is 13.6. The van der Waals surface area contributed by atoms with Crippen LogP contribution in [0.15, 0.2) is 41.1 Å². The van der Waals surface area contributed by atoms with Gasteiger partial charge in [0.25, 0.3) is 0 Å². The Morgan fingerprint density at radius 3 is 2.80 bits per heavy atom. The van der Waals surface area contributed by atoms with E-state index in [1.54, 1.807) is 0 Å². The summed E-state index contributed by atoms with van der Waals surface area (Å²) in [7, 11) is 0. The molecule has 3 rings (SSSR count). The van der Waals surface area contributed by atoms with Crippen molar-refractivity contribution in [1.82, 2.24) is 4.98 Å². The number of rotatable bonds is 3. The van der Waals surface area contributed by atoms with Crippen LogP contribution in [0.1, 0.15) is 29.9 Å². The van der Waals surface area contributed by atoms with Gasteiger partial charge in [-0.3, -0.25) is 0 Å². The highest BCUT2D eigenvalue weighted by atomic mass is 79.9. The van der Waals surface area contributed by atoms with Crippen LogP contribution < -0.4 is 5.32 Å². The summed E-state index contributed by atoms with van der Waals surface area (Å²) in [4.78, 5) is 4.32. The molecule has 20 heavy (non-hydrogen) atoms. The third-order valence-corrected chi connectivity index (χ3v) is 4.91. The lowest BCUT2D eigenvalue weighted by atomic mass is 9.76. The Bertz CT molecular complexity index is 624. The summed E-state index contributed by atoms with van der Waals surface area (Å²) < 4.78 is 0.911. The van der Waals surface area contributed by atoms with Gasteiger partial charge < -0.3 is 5.32 Å². The zero-order valence-electron chi connectivity index (χ0n) is 11.2. The number of nitrogens with zero attached hydrogens (tertiary/aromatic N) is 1. The highest BCUT2D eigenvalue weighted by Crippen LogP contribution is 2.39. The fourth-order valence-corrected chi connectivity index (χ4v) is 3.06. The highest BCUT2D eigenvalue weighted by molar-refractivity contribution is 9.10.